The van der Waals surface area contributed by atoms with Crippen molar-refractivity contribution >= 4 is 5.95 Å². The Labute approximate surface area is 184 Å². The van der Waals surface area contributed by atoms with Crippen molar-refractivity contribution in [3.8, 4) is 16.9 Å². The lowest BCUT2D eigenvalue weighted by Gasteiger charge is -2.33. The molecule has 1 fully saturated rings. The molecule has 0 spiro atoms. The van der Waals surface area contributed by atoms with Crippen molar-refractivity contribution in [3.63, 3.8) is 0 Å². The molecule has 0 unspecified atom stereocenters. The van der Waals surface area contributed by atoms with Crippen LogP contribution in [-0.2, 0) is 11.2 Å². The molecule has 0 saturated carbocycles. The summed E-state index contributed by atoms with van der Waals surface area (Å²) in [6.07, 6.45) is 2.85. The van der Waals surface area contributed by atoms with E-state index in [1.165, 1.54) is 5.56 Å². The first-order valence-electron chi connectivity index (χ1n) is 10.7. The van der Waals surface area contributed by atoms with Crippen LogP contribution in [0, 0.1) is 0 Å². The van der Waals surface area contributed by atoms with E-state index in [0.29, 0.717) is 12.6 Å². The molecule has 0 amide bonds. The molecule has 0 aliphatic carbocycles. The summed E-state index contributed by atoms with van der Waals surface area (Å²) in [4.78, 5) is 13.9. The van der Waals surface area contributed by atoms with Gasteiger partial charge in [-0.3, -0.25) is 4.90 Å². The molecule has 4 rings (SSSR count). The normalized spacial score (nSPS) is 16.8. The van der Waals surface area contributed by atoms with Gasteiger partial charge in [-0.1, -0.05) is 42.5 Å². The number of methoxy groups -OCH3 is 1. The van der Waals surface area contributed by atoms with Crippen LogP contribution in [0.4, 0.5) is 5.95 Å². The molecule has 6 nitrogen and oxygen atoms in total. The average molecular weight is 419 g/mol. The van der Waals surface area contributed by atoms with E-state index >= 15 is 0 Å². The van der Waals surface area contributed by atoms with Crippen LogP contribution in [0.25, 0.3) is 11.1 Å². The minimum absolute atomic E-state index is 0.0941. The largest absolute Gasteiger partial charge is 0.497 e. The highest BCUT2D eigenvalue weighted by atomic mass is 16.5. The van der Waals surface area contributed by atoms with E-state index in [2.05, 4.69) is 40.2 Å². The SMILES string of the molecule is COc1ccc(-c2cnc(N(C)C)nc2[C@H]2CN(CCc3ccccc3)CCO2)cc1. The van der Waals surface area contributed by atoms with Crippen LogP contribution in [0.5, 0.6) is 5.75 Å². The second-order valence-electron chi connectivity index (χ2n) is 7.99. The van der Waals surface area contributed by atoms with Gasteiger partial charge in [-0.2, -0.15) is 0 Å². The molecular formula is C25H30N4O2. The fourth-order valence-corrected chi connectivity index (χ4v) is 3.84. The first-order chi connectivity index (χ1) is 15.1. The smallest absolute Gasteiger partial charge is 0.225 e. The topological polar surface area (TPSA) is 50.7 Å². The van der Waals surface area contributed by atoms with E-state index in [-0.39, 0.29) is 6.10 Å². The zero-order valence-corrected chi connectivity index (χ0v) is 18.5. The third-order valence-corrected chi connectivity index (χ3v) is 5.62. The molecule has 1 aliphatic rings. The lowest BCUT2D eigenvalue weighted by atomic mass is 10.0. The molecule has 1 aliphatic heterocycles. The number of hydrogen-bond donors (Lipinski definition) is 0. The van der Waals surface area contributed by atoms with Crippen LogP contribution in [-0.4, -0.2) is 62.3 Å². The molecule has 2 aromatic carbocycles. The van der Waals surface area contributed by atoms with Gasteiger partial charge in [0, 0.05) is 45.5 Å². The van der Waals surface area contributed by atoms with Gasteiger partial charge >= 0.3 is 0 Å². The van der Waals surface area contributed by atoms with E-state index in [0.717, 1.165) is 48.6 Å². The standard InChI is InChI=1S/C25H30N4O2/c1-28(2)25-26-17-22(20-9-11-21(30-3)12-10-20)24(27-25)23-18-29(15-16-31-23)14-13-19-7-5-4-6-8-19/h4-12,17,23H,13-16,18H2,1-3H3/t23-/m1/s1. The number of hydrogen-bond acceptors (Lipinski definition) is 6. The monoisotopic (exact) mass is 418 g/mol. The summed E-state index contributed by atoms with van der Waals surface area (Å²) in [5.74, 6) is 1.52. The van der Waals surface area contributed by atoms with Gasteiger partial charge in [0.15, 0.2) is 0 Å². The third kappa shape index (κ3) is 5.21. The van der Waals surface area contributed by atoms with Crippen molar-refractivity contribution in [1.29, 1.82) is 0 Å². The van der Waals surface area contributed by atoms with Crippen LogP contribution in [0.15, 0.2) is 60.8 Å². The Morgan fingerprint density at radius 3 is 2.58 bits per heavy atom. The van der Waals surface area contributed by atoms with Gasteiger partial charge < -0.3 is 14.4 Å². The van der Waals surface area contributed by atoms with Crippen LogP contribution >= 0.6 is 0 Å². The lowest BCUT2D eigenvalue weighted by Crippen LogP contribution is -2.40. The number of ether oxygens (including phenoxy) is 2. The highest BCUT2D eigenvalue weighted by Crippen LogP contribution is 2.32. The zero-order valence-electron chi connectivity index (χ0n) is 18.5. The van der Waals surface area contributed by atoms with Crippen molar-refractivity contribution < 1.29 is 9.47 Å². The fraction of sp³-hybridized carbons (Fsp3) is 0.360. The summed E-state index contributed by atoms with van der Waals surface area (Å²) in [6, 6.07) is 18.7. The molecule has 3 aromatic rings. The number of benzene rings is 2. The summed E-state index contributed by atoms with van der Waals surface area (Å²) in [5, 5.41) is 0. The molecule has 1 atom stereocenters. The van der Waals surface area contributed by atoms with Gasteiger partial charge in [-0.15, -0.1) is 0 Å². The molecule has 1 saturated heterocycles. The third-order valence-electron chi connectivity index (χ3n) is 5.62. The molecule has 0 N–H and O–H groups in total. The van der Waals surface area contributed by atoms with Crippen LogP contribution in [0.1, 0.15) is 17.4 Å². The Morgan fingerprint density at radius 2 is 1.87 bits per heavy atom. The number of rotatable bonds is 7. The molecule has 0 radical (unpaired) electrons. The van der Waals surface area contributed by atoms with Crippen LogP contribution < -0.4 is 9.64 Å². The molecule has 162 valence electrons. The Morgan fingerprint density at radius 1 is 1.10 bits per heavy atom. The minimum atomic E-state index is -0.0941. The summed E-state index contributed by atoms with van der Waals surface area (Å²) in [7, 11) is 5.59. The number of anilines is 1. The first kappa shape index (κ1) is 21.3. The Hall–Kier alpha value is -2.96. The summed E-state index contributed by atoms with van der Waals surface area (Å²) in [5.41, 5.74) is 4.36. The predicted octanol–water partition coefficient (Wildman–Crippen LogP) is 3.83. The van der Waals surface area contributed by atoms with Crippen molar-refractivity contribution in [2.45, 2.75) is 12.5 Å². The van der Waals surface area contributed by atoms with Gasteiger partial charge in [0.25, 0.3) is 0 Å². The quantitative estimate of drug-likeness (QED) is 0.581. The summed E-state index contributed by atoms with van der Waals surface area (Å²) >= 11 is 0. The van der Waals surface area contributed by atoms with E-state index in [4.69, 9.17) is 14.5 Å². The van der Waals surface area contributed by atoms with Gasteiger partial charge in [0.2, 0.25) is 5.95 Å². The molecule has 6 heteroatoms. The van der Waals surface area contributed by atoms with Gasteiger partial charge in [-0.25, -0.2) is 9.97 Å². The van der Waals surface area contributed by atoms with Gasteiger partial charge in [0.1, 0.15) is 11.9 Å². The molecule has 0 bridgehead atoms. The Balaban J connectivity index is 1.57. The van der Waals surface area contributed by atoms with Crippen molar-refractivity contribution in [3.05, 3.63) is 72.1 Å². The lowest BCUT2D eigenvalue weighted by molar-refractivity contribution is -0.0313. The van der Waals surface area contributed by atoms with Crippen LogP contribution in [0.2, 0.25) is 0 Å². The zero-order chi connectivity index (χ0) is 21.6. The molecule has 2 heterocycles. The summed E-state index contributed by atoms with van der Waals surface area (Å²) < 4.78 is 11.5. The van der Waals surface area contributed by atoms with Crippen LogP contribution in [0.3, 0.4) is 0 Å². The fourth-order valence-electron chi connectivity index (χ4n) is 3.84. The van der Waals surface area contributed by atoms with Gasteiger partial charge in [0.05, 0.1) is 19.4 Å². The number of aromatic nitrogens is 2. The molecule has 1 aromatic heterocycles. The maximum atomic E-state index is 6.21. The van der Waals surface area contributed by atoms with Crippen molar-refractivity contribution in [1.82, 2.24) is 14.9 Å². The highest BCUT2D eigenvalue weighted by molar-refractivity contribution is 5.67. The molecule has 31 heavy (non-hydrogen) atoms. The second kappa shape index (κ2) is 9.90. The second-order valence-corrected chi connectivity index (χ2v) is 7.99. The maximum absolute atomic E-state index is 6.21. The number of nitrogens with zero attached hydrogens (tertiary/aromatic N) is 4. The maximum Gasteiger partial charge on any atom is 0.225 e. The van der Waals surface area contributed by atoms with E-state index < -0.39 is 0 Å². The minimum Gasteiger partial charge on any atom is -0.497 e. The van der Waals surface area contributed by atoms with Crippen molar-refractivity contribution in [2.75, 3.05) is 52.3 Å². The Kier molecular flexibility index (Phi) is 6.79. The molecular weight excluding hydrogens is 388 g/mol. The average Bonchev–Trinajstić information content (AvgIpc) is 2.83. The Bertz CT molecular complexity index is 977. The van der Waals surface area contributed by atoms with E-state index in [9.17, 15) is 0 Å². The summed E-state index contributed by atoms with van der Waals surface area (Å²) in [6.45, 7) is 3.46. The predicted molar refractivity (Wildman–Crippen MR) is 124 cm³/mol. The first-order valence-corrected chi connectivity index (χ1v) is 10.7. The van der Waals surface area contributed by atoms with E-state index in [1.807, 2.05) is 49.5 Å². The number of morpholine rings is 1. The van der Waals surface area contributed by atoms with E-state index in [1.54, 1.807) is 7.11 Å². The van der Waals surface area contributed by atoms with Crippen molar-refractivity contribution in [2.24, 2.45) is 0 Å². The highest BCUT2D eigenvalue weighted by Gasteiger charge is 2.26. The van der Waals surface area contributed by atoms with Gasteiger partial charge in [-0.05, 0) is 29.7 Å².